The lowest BCUT2D eigenvalue weighted by molar-refractivity contribution is 0.0735. The molecule has 2 heterocycles. The molecule has 1 aliphatic heterocycles. The molecule has 23 heavy (non-hydrogen) atoms. The number of benzene rings is 2. The standard InChI is InChI=1S/C19H17BrN2O/c1-12-2-7-15-16-11-22(9-8-17(16)21-18(15)10-12)19(23)13-3-5-14(20)6-4-13/h2-7,10,21H,8-9,11H2,1H3. The van der Waals surface area contributed by atoms with E-state index in [0.717, 1.165) is 23.0 Å². The molecule has 1 aromatic heterocycles. The Kier molecular flexibility index (Phi) is 3.49. The van der Waals surface area contributed by atoms with Gasteiger partial charge in [0.1, 0.15) is 0 Å². The van der Waals surface area contributed by atoms with Crippen LogP contribution < -0.4 is 0 Å². The van der Waals surface area contributed by atoms with Gasteiger partial charge in [-0.3, -0.25) is 4.79 Å². The number of nitrogens with one attached hydrogen (secondary N) is 1. The van der Waals surface area contributed by atoms with Crippen LogP contribution in [0.3, 0.4) is 0 Å². The van der Waals surface area contributed by atoms with E-state index < -0.39 is 0 Å². The highest BCUT2D eigenvalue weighted by atomic mass is 79.9. The Hall–Kier alpha value is -2.07. The molecule has 4 rings (SSSR count). The molecule has 116 valence electrons. The molecular weight excluding hydrogens is 352 g/mol. The Morgan fingerprint density at radius 3 is 2.74 bits per heavy atom. The number of carbonyl (C=O) groups is 1. The van der Waals surface area contributed by atoms with Crippen molar-refractivity contribution >= 4 is 32.7 Å². The third-order valence-electron chi connectivity index (χ3n) is 4.51. The molecule has 0 saturated heterocycles. The number of halogens is 1. The van der Waals surface area contributed by atoms with Crippen LogP contribution in [0.1, 0.15) is 27.2 Å². The second-order valence-corrected chi connectivity index (χ2v) is 7.03. The predicted octanol–water partition coefficient (Wildman–Crippen LogP) is 4.44. The van der Waals surface area contributed by atoms with Crippen molar-refractivity contribution in [2.75, 3.05) is 6.54 Å². The highest BCUT2D eigenvalue weighted by Gasteiger charge is 2.24. The Bertz CT molecular complexity index is 896. The van der Waals surface area contributed by atoms with Gasteiger partial charge in [0, 0.05) is 51.7 Å². The molecule has 1 amide bonds. The first-order valence-corrected chi connectivity index (χ1v) is 8.56. The average Bonchev–Trinajstić information content (AvgIpc) is 2.91. The van der Waals surface area contributed by atoms with Crippen molar-refractivity contribution in [3.8, 4) is 0 Å². The molecule has 0 unspecified atom stereocenters. The van der Waals surface area contributed by atoms with E-state index in [2.05, 4.69) is 46.0 Å². The van der Waals surface area contributed by atoms with Gasteiger partial charge in [0.25, 0.3) is 5.91 Å². The second kappa shape index (κ2) is 5.53. The van der Waals surface area contributed by atoms with Gasteiger partial charge in [-0.1, -0.05) is 28.1 Å². The van der Waals surface area contributed by atoms with Crippen LogP contribution >= 0.6 is 15.9 Å². The largest absolute Gasteiger partial charge is 0.358 e. The molecule has 3 aromatic rings. The molecule has 0 aliphatic carbocycles. The van der Waals surface area contributed by atoms with Crippen LogP contribution in [0.2, 0.25) is 0 Å². The molecule has 0 radical (unpaired) electrons. The molecule has 0 atom stereocenters. The number of hydrogen-bond donors (Lipinski definition) is 1. The topological polar surface area (TPSA) is 36.1 Å². The van der Waals surface area contributed by atoms with E-state index in [0.29, 0.717) is 6.54 Å². The third-order valence-corrected chi connectivity index (χ3v) is 5.04. The first-order chi connectivity index (χ1) is 11.1. The zero-order chi connectivity index (χ0) is 16.0. The van der Waals surface area contributed by atoms with Crippen molar-refractivity contribution < 1.29 is 4.79 Å². The van der Waals surface area contributed by atoms with E-state index in [1.165, 1.54) is 27.7 Å². The van der Waals surface area contributed by atoms with Crippen molar-refractivity contribution in [2.24, 2.45) is 0 Å². The highest BCUT2D eigenvalue weighted by molar-refractivity contribution is 9.10. The molecule has 1 aliphatic rings. The van der Waals surface area contributed by atoms with E-state index in [-0.39, 0.29) is 5.91 Å². The fourth-order valence-electron chi connectivity index (χ4n) is 3.28. The van der Waals surface area contributed by atoms with E-state index >= 15 is 0 Å². The zero-order valence-corrected chi connectivity index (χ0v) is 14.5. The number of amides is 1. The lowest BCUT2D eigenvalue weighted by Crippen LogP contribution is -2.35. The minimum Gasteiger partial charge on any atom is -0.358 e. The summed E-state index contributed by atoms with van der Waals surface area (Å²) in [5, 5.41) is 1.24. The minimum atomic E-state index is 0.101. The summed E-state index contributed by atoms with van der Waals surface area (Å²) in [5.74, 6) is 0.101. The number of aromatic nitrogens is 1. The van der Waals surface area contributed by atoms with Gasteiger partial charge in [0.05, 0.1) is 0 Å². The van der Waals surface area contributed by atoms with Gasteiger partial charge in [-0.15, -0.1) is 0 Å². The second-order valence-electron chi connectivity index (χ2n) is 6.11. The van der Waals surface area contributed by atoms with Crippen molar-refractivity contribution in [3.63, 3.8) is 0 Å². The zero-order valence-electron chi connectivity index (χ0n) is 12.9. The fraction of sp³-hybridized carbons (Fsp3) is 0.211. The molecule has 0 fully saturated rings. The molecule has 0 spiro atoms. The summed E-state index contributed by atoms with van der Waals surface area (Å²) in [6.45, 7) is 3.53. The SMILES string of the molecule is Cc1ccc2c3c([nH]c2c1)CCN(C(=O)c1ccc(Br)cc1)C3. The molecule has 0 bridgehead atoms. The van der Waals surface area contributed by atoms with Crippen molar-refractivity contribution in [2.45, 2.75) is 19.9 Å². The number of rotatable bonds is 1. The van der Waals surface area contributed by atoms with Gasteiger partial charge in [-0.25, -0.2) is 0 Å². The van der Waals surface area contributed by atoms with Crippen LogP contribution in [-0.4, -0.2) is 22.3 Å². The summed E-state index contributed by atoms with van der Waals surface area (Å²) in [6.07, 6.45) is 0.880. The van der Waals surface area contributed by atoms with Gasteiger partial charge in [-0.2, -0.15) is 0 Å². The lowest BCUT2D eigenvalue weighted by atomic mass is 10.0. The van der Waals surface area contributed by atoms with Crippen LogP contribution in [0.5, 0.6) is 0 Å². The van der Waals surface area contributed by atoms with E-state index in [4.69, 9.17) is 0 Å². The number of fused-ring (bicyclic) bond motifs is 3. The van der Waals surface area contributed by atoms with Gasteiger partial charge >= 0.3 is 0 Å². The van der Waals surface area contributed by atoms with Crippen LogP contribution in [0.4, 0.5) is 0 Å². The van der Waals surface area contributed by atoms with Crippen LogP contribution in [0.25, 0.3) is 10.9 Å². The van der Waals surface area contributed by atoms with Gasteiger partial charge in [0.15, 0.2) is 0 Å². The third kappa shape index (κ3) is 2.57. The molecule has 2 aromatic carbocycles. The van der Waals surface area contributed by atoms with Gasteiger partial charge in [-0.05, 0) is 42.8 Å². The van der Waals surface area contributed by atoms with Gasteiger partial charge < -0.3 is 9.88 Å². The molecular formula is C19H17BrN2O. The Balaban J connectivity index is 1.66. The quantitative estimate of drug-likeness (QED) is 0.677. The lowest BCUT2D eigenvalue weighted by Gasteiger charge is -2.27. The average molecular weight is 369 g/mol. The summed E-state index contributed by atoms with van der Waals surface area (Å²) in [5.41, 5.74) is 5.70. The van der Waals surface area contributed by atoms with Crippen LogP contribution in [0, 0.1) is 6.92 Å². The first-order valence-electron chi connectivity index (χ1n) is 7.77. The number of aryl methyl sites for hydroxylation is 1. The smallest absolute Gasteiger partial charge is 0.254 e. The maximum atomic E-state index is 12.7. The van der Waals surface area contributed by atoms with Crippen molar-refractivity contribution in [3.05, 3.63) is 69.3 Å². The summed E-state index contributed by atoms with van der Waals surface area (Å²) < 4.78 is 0.988. The molecule has 3 nitrogen and oxygen atoms in total. The highest BCUT2D eigenvalue weighted by Crippen LogP contribution is 2.29. The normalized spacial score (nSPS) is 14.1. The minimum absolute atomic E-state index is 0.101. The van der Waals surface area contributed by atoms with Crippen molar-refractivity contribution in [1.82, 2.24) is 9.88 Å². The maximum absolute atomic E-state index is 12.7. The van der Waals surface area contributed by atoms with E-state index in [1.54, 1.807) is 0 Å². The fourth-order valence-corrected chi connectivity index (χ4v) is 3.55. The number of nitrogens with zero attached hydrogens (tertiary/aromatic N) is 1. The Morgan fingerprint density at radius 1 is 1.17 bits per heavy atom. The van der Waals surface area contributed by atoms with E-state index in [9.17, 15) is 4.79 Å². The predicted molar refractivity (Wildman–Crippen MR) is 95.6 cm³/mol. The summed E-state index contributed by atoms with van der Waals surface area (Å²) in [7, 11) is 0. The molecule has 4 heteroatoms. The Labute approximate surface area is 143 Å². The van der Waals surface area contributed by atoms with Crippen LogP contribution in [-0.2, 0) is 13.0 Å². The molecule has 0 saturated carbocycles. The monoisotopic (exact) mass is 368 g/mol. The number of aromatic amines is 1. The summed E-state index contributed by atoms with van der Waals surface area (Å²) in [6, 6.07) is 14.0. The maximum Gasteiger partial charge on any atom is 0.254 e. The van der Waals surface area contributed by atoms with E-state index in [1.807, 2.05) is 29.2 Å². The molecule has 1 N–H and O–H groups in total. The summed E-state index contributed by atoms with van der Waals surface area (Å²) in [4.78, 5) is 18.2. The number of hydrogen-bond acceptors (Lipinski definition) is 1. The number of carbonyl (C=O) groups excluding carboxylic acids is 1. The van der Waals surface area contributed by atoms with Crippen molar-refractivity contribution in [1.29, 1.82) is 0 Å². The summed E-state index contributed by atoms with van der Waals surface area (Å²) >= 11 is 3.41. The first kappa shape index (κ1) is 14.5. The number of H-pyrrole nitrogens is 1. The van der Waals surface area contributed by atoms with Crippen LogP contribution in [0.15, 0.2) is 46.9 Å². The van der Waals surface area contributed by atoms with Gasteiger partial charge in [0.2, 0.25) is 0 Å². The Morgan fingerprint density at radius 2 is 1.96 bits per heavy atom.